The van der Waals surface area contributed by atoms with Crippen LogP contribution in [0.3, 0.4) is 0 Å². The van der Waals surface area contributed by atoms with Gasteiger partial charge in [0.25, 0.3) is 0 Å². The Bertz CT molecular complexity index is 359. The molecule has 0 bridgehead atoms. The molecule has 6 heteroatoms. The van der Waals surface area contributed by atoms with Crippen LogP contribution in [0.25, 0.3) is 0 Å². The van der Waals surface area contributed by atoms with Gasteiger partial charge >= 0.3 is 0 Å². The summed E-state index contributed by atoms with van der Waals surface area (Å²) in [6, 6.07) is 0.458. The first kappa shape index (κ1) is 18.7. The van der Waals surface area contributed by atoms with Crippen molar-refractivity contribution in [3.05, 3.63) is 0 Å². The van der Waals surface area contributed by atoms with Crippen molar-refractivity contribution >= 4 is 33.4 Å². The topological polar surface area (TPSA) is 46.2 Å². The van der Waals surface area contributed by atoms with E-state index in [1.54, 1.807) is 0 Å². The van der Waals surface area contributed by atoms with Crippen molar-refractivity contribution in [1.29, 1.82) is 0 Å². The number of rotatable bonds is 9. The second-order valence-corrected chi connectivity index (χ2v) is 10.4. The molecule has 1 saturated heterocycles. The summed E-state index contributed by atoms with van der Waals surface area (Å²) in [5, 5.41) is 5.00. The van der Waals surface area contributed by atoms with E-state index in [-0.39, 0.29) is 0 Å². The van der Waals surface area contributed by atoms with Gasteiger partial charge in [0.05, 0.1) is 0 Å². The molecule has 3 nitrogen and oxygen atoms in total. The van der Waals surface area contributed by atoms with Gasteiger partial charge in [-0.3, -0.25) is 0 Å². The number of sulfone groups is 1. The van der Waals surface area contributed by atoms with Gasteiger partial charge in [-0.05, 0) is 32.2 Å². The van der Waals surface area contributed by atoms with Crippen LogP contribution in [0.15, 0.2) is 0 Å². The first-order valence-corrected chi connectivity index (χ1v) is 11.8. The molecule has 1 N–H and O–H groups in total. The predicted octanol–water partition coefficient (Wildman–Crippen LogP) is 2.81. The summed E-state index contributed by atoms with van der Waals surface area (Å²) < 4.78 is 22.6. The van der Waals surface area contributed by atoms with Crippen LogP contribution >= 0.6 is 23.5 Å². The van der Waals surface area contributed by atoms with Gasteiger partial charge in [-0.1, -0.05) is 13.8 Å². The molecule has 0 aromatic carbocycles. The lowest BCUT2D eigenvalue weighted by molar-refractivity contribution is 0.449. The van der Waals surface area contributed by atoms with Gasteiger partial charge in [-0.2, -0.15) is 23.5 Å². The van der Waals surface area contributed by atoms with Crippen molar-refractivity contribution in [3.8, 4) is 0 Å². The van der Waals surface area contributed by atoms with E-state index in [1.807, 2.05) is 0 Å². The van der Waals surface area contributed by atoms with E-state index in [9.17, 15) is 8.42 Å². The summed E-state index contributed by atoms with van der Waals surface area (Å²) in [4.78, 5) is 0. The molecule has 1 aliphatic heterocycles. The predicted molar refractivity (Wildman–Crippen MR) is 93.8 cm³/mol. The average Bonchev–Trinajstić information content (AvgIpc) is 2.41. The van der Waals surface area contributed by atoms with Crippen molar-refractivity contribution in [1.82, 2.24) is 5.32 Å². The first-order chi connectivity index (χ1) is 9.48. The molecule has 0 spiro atoms. The Hall–Kier alpha value is 0.610. The third-order valence-corrected chi connectivity index (χ3v) is 8.01. The lowest BCUT2D eigenvalue weighted by atomic mass is 10.0. The summed E-state index contributed by atoms with van der Waals surface area (Å²) in [5.41, 5.74) is 0. The SMILES string of the molecule is CCCNC(CCCS(C)(=O)=O)C1SCCSC1CC. The molecule has 120 valence electrons. The highest BCUT2D eigenvalue weighted by molar-refractivity contribution is 8.07. The molecule has 0 saturated carbocycles. The Kier molecular flexibility index (Phi) is 8.95. The minimum Gasteiger partial charge on any atom is -0.313 e. The highest BCUT2D eigenvalue weighted by atomic mass is 32.2. The van der Waals surface area contributed by atoms with Gasteiger partial charge in [0.2, 0.25) is 0 Å². The number of thioether (sulfide) groups is 2. The molecule has 3 atom stereocenters. The van der Waals surface area contributed by atoms with Gasteiger partial charge in [0, 0.05) is 40.1 Å². The quantitative estimate of drug-likeness (QED) is 0.700. The molecule has 1 rings (SSSR count). The Morgan fingerprint density at radius 3 is 2.55 bits per heavy atom. The summed E-state index contributed by atoms with van der Waals surface area (Å²) in [6.45, 7) is 5.48. The number of nitrogens with one attached hydrogen (secondary N) is 1. The van der Waals surface area contributed by atoms with Gasteiger partial charge in [0.1, 0.15) is 9.84 Å². The fourth-order valence-corrected chi connectivity index (χ4v) is 6.58. The van der Waals surface area contributed by atoms with Gasteiger partial charge in [0.15, 0.2) is 0 Å². The molecule has 3 unspecified atom stereocenters. The Labute approximate surface area is 133 Å². The molecule has 1 heterocycles. The second-order valence-electron chi connectivity index (χ2n) is 5.49. The normalized spacial score (nSPS) is 25.6. The lowest BCUT2D eigenvalue weighted by Gasteiger charge is -2.36. The van der Waals surface area contributed by atoms with E-state index < -0.39 is 9.84 Å². The van der Waals surface area contributed by atoms with Crippen LogP contribution in [-0.2, 0) is 9.84 Å². The van der Waals surface area contributed by atoms with Gasteiger partial charge < -0.3 is 5.32 Å². The van der Waals surface area contributed by atoms with Gasteiger partial charge in [-0.15, -0.1) is 0 Å². The minimum atomic E-state index is -2.83. The fraction of sp³-hybridized carbons (Fsp3) is 1.00. The highest BCUT2D eigenvalue weighted by Gasteiger charge is 2.31. The zero-order chi connectivity index (χ0) is 15.0. The maximum Gasteiger partial charge on any atom is 0.147 e. The fourth-order valence-electron chi connectivity index (χ4n) is 2.59. The molecular formula is C14H29NO2S3. The summed E-state index contributed by atoms with van der Waals surface area (Å²) in [5.74, 6) is 2.80. The number of hydrogen-bond donors (Lipinski definition) is 1. The average molecular weight is 340 g/mol. The Balaban J connectivity index is 2.56. The van der Waals surface area contributed by atoms with Crippen LogP contribution in [0.4, 0.5) is 0 Å². The van der Waals surface area contributed by atoms with Crippen molar-refractivity contribution in [3.63, 3.8) is 0 Å². The van der Waals surface area contributed by atoms with Crippen LogP contribution in [0.5, 0.6) is 0 Å². The Morgan fingerprint density at radius 2 is 1.95 bits per heavy atom. The van der Waals surface area contributed by atoms with E-state index in [1.165, 1.54) is 24.2 Å². The number of hydrogen-bond acceptors (Lipinski definition) is 5. The molecule has 20 heavy (non-hydrogen) atoms. The van der Waals surface area contributed by atoms with Crippen LogP contribution < -0.4 is 5.32 Å². The molecular weight excluding hydrogens is 310 g/mol. The zero-order valence-corrected chi connectivity index (χ0v) is 15.4. The Morgan fingerprint density at radius 1 is 1.25 bits per heavy atom. The zero-order valence-electron chi connectivity index (χ0n) is 12.9. The van der Waals surface area contributed by atoms with E-state index in [0.29, 0.717) is 22.3 Å². The first-order valence-electron chi connectivity index (χ1n) is 7.62. The lowest BCUT2D eigenvalue weighted by Crippen LogP contribution is -2.45. The summed E-state index contributed by atoms with van der Waals surface area (Å²) in [6.07, 6.45) is 5.42. The van der Waals surface area contributed by atoms with E-state index in [4.69, 9.17) is 0 Å². The van der Waals surface area contributed by atoms with Gasteiger partial charge in [-0.25, -0.2) is 8.42 Å². The highest BCUT2D eigenvalue weighted by Crippen LogP contribution is 2.36. The second kappa shape index (κ2) is 9.59. The summed E-state index contributed by atoms with van der Waals surface area (Å²) >= 11 is 4.17. The third kappa shape index (κ3) is 7.05. The van der Waals surface area contributed by atoms with E-state index >= 15 is 0 Å². The van der Waals surface area contributed by atoms with E-state index in [0.717, 1.165) is 25.8 Å². The van der Waals surface area contributed by atoms with Crippen molar-refractivity contribution < 1.29 is 8.42 Å². The largest absolute Gasteiger partial charge is 0.313 e. The van der Waals surface area contributed by atoms with E-state index in [2.05, 4.69) is 42.7 Å². The molecule has 1 fully saturated rings. The molecule has 0 amide bonds. The molecule has 0 radical (unpaired) electrons. The van der Waals surface area contributed by atoms with Crippen LogP contribution in [0, 0.1) is 0 Å². The van der Waals surface area contributed by atoms with Crippen LogP contribution in [0.1, 0.15) is 39.5 Å². The minimum absolute atomic E-state index is 0.318. The molecule has 0 aliphatic carbocycles. The molecule has 1 aliphatic rings. The standard InChI is InChI=1S/C14H29NO2S3/c1-4-8-15-12(7-6-11-20(3,16)17)14-13(5-2)18-9-10-19-14/h12-15H,4-11H2,1-3H3. The van der Waals surface area contributed by atoms with Crippen LogP contribution in [0.2, 0.25) is 0 Å². The third-order valence-electron chi connectivity index (χ3n) is 3.58. The maximum atomic E-state index is 11.3. The smallest absolute Gasteiger partial charge is 0.147 e. The molecule has 0 aromatic rings. The van der Waals surface area contributed by atoms with Crippen molar-refractivity contribution in [2.45, 2.75) is 56.1 Å². The molecule has 0 aromatic heterocycles. The monoisotopic (exact) mass is 339 g/mol. The van der Waals surface area contributed by atoms with Crippen LogP contribution in [-0.4, -0.2) is 55.0 Å². The maximum absolute atomic E-state index is 11.3. The van der Waals surface area contributed by atoms with Crippen molar-refractivity contribution in [2.75, 3.05) is 30.1 Å². The van der Waals surface area contributed by atoms with Crippen molar-refractivity contribution in [2.24, 2.45) is 0 Å². The summed E-state index contributed by atoms with van der Waals surface area (Å²) in [7, 11) is -2.83.